The molecule has 2 nitrogen and oxygen atoms in total. The number of rotatable bonds is 4. The lowest BCUT2D eigenvalue weighted by molar-refractivity contribution is -0.134. The zero-order valence-electron chi connectivity index (χ0n) is 6.43. The highest BCUT2D eigenvalue weighted by molar-refractivity contribution is 5.84. The smallest absolute Gasteiger partial charge is 0.364 e. The number of carbonyl (C=O) groups is 1. The van der Waals surface area contributed by atoms with Gasteiger partial charge in [-0.15, -0.1) is 6.58 Å². The third kappa shape index (κ3) is 2.98. The van der Waals surface area contributed by atoms with Crippen LogP contribution in [0.15, 0.2) is 24.1 Å². The topological polar surface area (TPSA) is 37.3 Å². The first kappa shape index (κ1) is 9.88. The van der Waals surface area contributed by atoms with E-state index in [1.54, 1.807) is 6.92 Å². The van der Waals surface area contributed by atoms with Crippen molar-refractivity contribution in [2.45, 2.75) is 19.8 Å². The van der Waals surface area contributed by atoms with E-state index >= 15 is 0 Å². The summed E-state index contributed by atoms with van der Waals surface area (Å²) < 4.78 is 12.6. The summed E-state index contributed by atoms with van der Waals surface area (Å²) in [7, 11) is 0. The first-order valence-corrected chi connectivity index (χ1v) is 3.35. The summed E-state index contributed by atoms with van der Waals surface area (Å²) in [6.07, 6.45) is 2.19. The number of hydrogen-bond donors (Lipinski definition) is 1. The van der Waals surface area contributed by atoms with Crippen molar-refractivity contribution in [3.05, 3.63) is 24.1 Å². The molecule has 0 rings (SSSR count). The quantitative estimate of drug-likeness (QED) is 0.503. The van der Waals surface area contributed by atoms with Crippen LogP contribution in [0.5, 0.6) is 0 Å². The Hall–Kier alpha value is -1.12. The number of carboxylic acid groups (broad SMARTS) is 1. The van der Waals surface area contributed by atoms with E-state index in [2.05, 4.69) is 6.58 Å². The third-order valence-electron chi connectivity index (χ3n) is 1.32. The minimum atomic E-state index is -1.50. The predicted octanol–water partition coefficient (Wildman–Crippen LogP) is 2.28. The van der Waals surface area contributed by atoms with Gasteiger partial charge in [-0.25, -0.2) is 4.79 Å². The summed E-state index contributed by atoms with van der Waals surface area (Å²) in [5, 5.41) is 8.24. The van der Waals surface area contributed by atoms with Crippen LogP contribution in [0, 0.1) is 0 Å². The second-order valence-corrected chi connectivity index (χ2v) is 2.07. The van der Waals surface area contributed by atoms with Crippen molar-refractivity contribution in [3.63, 3.8) is 0 Å². The fourth-order valence-corrected chi connectivity index (χ4v) is 0.715. The van der Waals surface area contributed by atoms with E-state index in [9.17, 15) is 9.18 Å². The monoisotopic (exact) mass is 158 g/mol. The van der Waals surface area contributed by atoms with Gasteiger partial charge in [0.15, 0.2) is 0 Å². The summed E-state index contributed by atoms with van der Waals surface area (Å²) >= 11 is 0. The SMILES string of the molecule is C=CC/C(CC)=C(\F)C(=O)O. The summed E-state index contributed by atoms with van der Waals surface area (Å²) in [5.74, 6) is -2.55. The van der Waals surface area contributed by atoms with Crippen molar-refractivity contribution < 1.29 is 14.3 Å². The number of hydrogen-bond acceptors (Lipinski definition) is 1. The highest BCUT2D eigenvalue weighted by Gasteiger charge is 2.10. The Morgan fingerprint density at radius 1 is 1.73 bits per heavy atom. The van der Waals surface area contributed by atoms with Gasteiger partial charge in [0.05, 0.1) is 0 Å². The van der Waals surface area contributed by atoms with Crippen LogP contribution in [0.1, 0.15) is 19.8 Å². The molecule has 0 aliphatic heterocycles. The lowest BCUT2D eigenvalue weighted by Crippen LogP contribution is -1.99. The van der Waals surface area contributed by atoms with Crippen LogP contribution in [-0.4, -0.2) is 11.1 Å². The van der Waals surface area contributed by atoms with Crippen molar-refractivity contribution in [3.8, 4) is 0 Å². The molecule has 0 aromatic carbocycles. The third-order valence-corrected chi connectivity index (χ3v) is 1.32. The van der Waals surface area contributed by atoms with Crippen molar-refractivity contribution in [2.24, 2.45) is 0 Å². The molecule has 0 heterocycles. The van der Waals surface area contributed by atoms with Crippen LogP contribution in [-0.2, 0) is 4.79 Å². The molecule has 0 spiro atoms. The Labute approximate surface area is 65.0 Å². The lowest BCUT2D eigenvalue weighted by atomic mass is 10.1. The maximum atomic E-state index is 12.6. The van der Waals surface area contributed by atoms with Gasteiger partial charge in [-0.2, -0.15) is 4.39 Å². The van der Waals surface area contributed by atoms with Crippen molar-refractivity contribution in [1.82, 2.24) is 0 Å². The van der Waals surface area contributed by atoms with E-state index in [-0.39, 0.29) is 5.57 Å². The normalized spacial score (nSPS) is 12.2. The Morgan fingerprint density at radius 3 is 2.55 bits per heavy atom. The number of aliphatic carboxylic acids is 1. The van der Waals surface area contributed by atoms with Gasteiger partial charge in [-0.1, -0.05) is 13.0 Å². The molecule has 0 aliphatic carbocycles. The molecule has 0 aromatic rings. The first-order chi connectivity index (χ1) is 5.13. The molecule has 0 fully saturated rings. The molecule has 0 amide bonds. The number of carboxylic acids is 1. The Bertz CT molecular complexity index is 194. The van der Waals surface area contributed by atoms with Gasteiger partial charge in [0, 0.05) is 0 Å². The second kappa shape index (κ2) is 4.66. The molecular formula is C8H11FO2. The van der Waals surface area contributed by atoms with Crippen LogP contribution < -0.4 is 0 Å². The molecule has 0 saturated carbocycles. The zero-order chi connectivity index (χ0) is 8.85. The molecule has 1 N–H and O–H groups in total. The lowest BCUT2D eigenvalue weighted by Gasteiger charge is -1.99. The zero-order valence-corrected chi connectivity index (χ0v) is 6.43. The highest BCUT2D eigenvalue weighted by Crippen LogP contribution is 2.14. The molecule has 3 heteroatoms. The van der Waals surface area contributed by atoms with Crippen LogP contribution in [0.3, 0.4) is 0 Å². The summed E-state index contributed by atoms with van der Waals surface area (Å²) in [6.45, 7) is 5.11. The van der Waals surface area contributed by atoms with E-state index in [1.165, 1.54) is 6.08 Å². The largest absolute Gasteiger partial charge is 0.476 e. The Morgan fingerprint density at radius 2 is 2.27 bits per heavy atom. The standard InChI is InChI=1S/C8H11FO2/c1-3-5-6(4-2)7(9)8(10)11/h3H,1,4-5H2,2H3,(H,10,11)/b7-6-. The average molecular weight is 158 g/mol. The fraction of sp³-hybridized carbons (Fsp3) is 0.375. The van der Waals surface area contributed by atoms with Crippen LogP contribution in [0.4, 0.5) is 4.39 Å². The van der Waals surface area contributed by atoms with Gasteiger partial charge in [0.1, 0.15) is 0 Å². The minimum Gasteiger partial charge on any atom is -0.476 e. The fourth-order valence-electron chi connectivity index (χ4n) is 0.715. The summed E-state index contributed by atoms with van der Waals surface area (Å²) in [5.41, 5.74) is 0.285. The van der Waals surface area contributed by atoms with Crippen LogP contribution >= 0.6 is 0 Å². The number of allylic oxidation sites excluding steroid dienone is 2. The van der Waals surface area contributed by atoms with Gasteiger partial charge < -0.3 is 5.11 Å². The van der Waals surface area contributed by atoms with Crippen LogP contribution in [0.2, 0.25) is 0 Å². The highest BCUT2D eigenvalue weighted by atomic mass is 19.1. The summed E-state index contributed by atoms with van der Waals surface area (Å²) in [6, 6.07) is 0. The van der Waals surface area contributed by atoms with Gasteiger partial charge >= 0.3 is 5.97 Å². The maximum absolute atomic E-state index is 12.6. The van der Waals surface area contributed by atoms with Crippen molar-refractivity contribution in [1.29, 1.82) is 0 Å². The Balaban J connectivity index is 4.52. The van der Waals surface area contributed by atoms with Crippen LogP contribution in [0.25, 0.3) is 0 Å². The molecule has 0 atom stereocenters. The second-order valence-electron chi connectivity index (χ2n) is 2.07. The molecule has 11 heavy (non-hydrogen) atoms. The molecular weight excluding hydrogens is 147 g/mol. The molecule has 0 radical (unpaired) electrons. The average Bonchev–Trinajstić information content (AvgIpc) is 1.98. The summed E-state index contributed by atoms with van der Waals surface area (Å²) in [4.78, 5) is 10.1. The molecule has 0 saturated heterocycles. The van der Waals surface area contributed by atoms with E-state index < -0.39 is 11.8 Å². The van der Waals surface area contributed by atoms with E-state index in [0.29, 0.717) is 12.8 Å². The van der Waals surface area contributed by atoms with E-state index in [0.717, 1.165) is 0 Å². The first-order valence-electron chi connectivity index (χ1n) is 3.35. The molecule has 0 aromatic heterocycles. The van der Waals surface area contributed by atoms with Gasteiger partial charge in [-0.3, -0.25) is 0 Å². The molecule has 0 unspecified atom stereocenters. The molecule has 62 valence electrons. The predicted molar refractivity (Wildman–Crippen MR) is 40.9 cm³/mol. The van der Waals surface area contributed by atoms with E-state index in [4.69, 9.17) is 5.11 Å². The van der Waals surface area contributed by atoms with Gasteiger partial charge in [-0.05, 0) is 18.4 Å². The van der Waals surface area contributed by atoms with Gasteiger partial charge in [0.25, 0.3) is 0 Å². The maximum Gasteiger partial charge on any atom is 0.364 e. The van der Waals surface area contributed by atoms with E-state index in [1.807, 2.05) is 0 Å². The number of halogens is 1. The minimum absolute atomic E-state index is 0.285. The van der Waals surface area contributed by atoms with Crippen molar-refractivity contribution in [2.75, 3.05) is 0 Å². The molecule has 0 bridgehead atoms. The van der Waals surface area contributed by atoms with Crippen molar-refractivity contribution >= 4 is 5.97 Å². The molecule has 0 aliphatic rings. The Kier molecular flexibility index (Phi) is 4.18. The van der Waals surface area contributed by atoms with Gasteiger partial charge in [0.2, 0.25) is 5.83 Å².